The van der Waals surface area contributed by atoms with Gasteiger partial charge in [-0.15, -0.1) is 0 Å². The van der Waals surface area contributed by atoms with Gasteiger partial charge >= 0.3 is 0 Å². The van der Waals surface area contributed by atoms with Crippen molar-refractivity contribution in [1.82, 2.24) is 0 Å². The molecule has 0 saturated heterocycles. The highest BCUT2D eigenvalue weighted by Gasteiger charge is 2.23. The minimum absolute atomic E-state index is 0.159. The molecule has 0 saturated carbocycles. The van der Waals surface area contributed by atoms with Gasteiger partial charge in [0.1, 0.15) is 5.75 Å². The Morgan fingerprint density at radius 2 is 1.52 bits per heavy atom. The molecule has 3 aromatic carbocycles. The Hall–Kier alpha value is -3.32. The molecule has 0 aromatic heterocycles. The predicted molar refractivity (Wildman–Crippen MR) is 124 cm³/mol. The van der Waals surface area contributed by atoms with E-state index in [1.165, 1.54) is 30.6 Å². The second kappa shape index (κ2) is 8.81. The number of sulfonamides is 1. The van der Waals surface area contributed by atoms with E-state index in [9.17, 15) is 13.2 Å². The van der Waals surface area contributed by atoms with Crippen molar-refractivity contribution in [3.63, 3.8) is 0 Å². The SMILES string of the molecule is COc1ccc(S(=O)(=O)N(C)c2ccc(C(=O)Nc3cc(C)cc(C)c3)cc2C)cc1. The van der Waals surface area contributed by atoms with Crippen molar-refractivity contribution in [3.05, 3.63) is 82.9 Å². The minimum atomic E-state index is -3.75. The molecule has 0 atom stereocenters. The molecule has 1 N–H and O–H groups in total. The van der Waals surface area contributed by atoms with Crippen molar-refractivity contribution in [2.24, 2.45) is 0 Å². The van der Waals surface area contributed by atoms with Gasteiger partial charge in [0.2, 0.25) is 0 Å². The van der Waals surface area contributed by atoms with Gasteiger partial charge in [-0.25, -0.2) is 8.42 Å². The Labute approximate surface area is 183 Å². The molecule has 0 aliphatic carbocycles. The van der Waals surface area contributed by atoms with E-state index in [0.29, 0.717) is 22.6 Å². The first-order valence-corrected chi connectivity index (χ1v) is 11.2. The molecule has 3 aromatic rings. The second-order valence-electron chi connectivity index (χ2n) is 7.48. The van der Waals surface area contributed by atoms with Gasteiger partial charge in [-0.2, -0.15) is 0 Å². The predicted octanol–water partition coefficient (Wildman–Crippen LogP) is 4.70. The Kier molecular flexibility index (Phi) is 6.36. The number of nitrogens with one attached hydrogen (secondary N) is 1. The molecule has 31 heavy (non-hydrogen) atoms. The van der Waals surface area contributed by atoms with E-state index in [1.807, 2.05) is 32.0 Å². The van der Waals surface area contributed by atoms with Crippen LogP contribution in [0.5, 0.6) is 5.75 Å². The lowest BCUT2D eigenvalue weighted by atomic mass is 10.1. The summed E-state index contributed by atoms with van der Waals surface area (Å²) < 4.78 is 32.3. The molecule has 3 rings (SSSR count). The van der Waals surface area contributed by atoms with Gasteiger partial charge in [-0.1, -0.05) is 6.07 Å². The summed E-state index contributed by atoms with van der Waals surface area (Å²) in [7, 11) is -0.732. The number of aryl methyl sites for hydroxylation is 3. The number of carbonyl (C=O) groups excluding carboxylic acids is 1. The van der Waals surface area contributed by atoms with Crippen LogP contribution >= 0.6 is 0 Å². The average molecular weight is 439 g/mol. The summed E-state index contributed by atoms with van der Waals surface area (Å²) >= 11 is 0. The normalized spacial score (nSPS) is 11.1. The average Bonchev–Trinajstić information content (AvgIpc) is 2.72. The van der Waals surface area contributed by atoms with Crippen LogP contribution in [0, 0.1) is 20.8 Å². The van der Waals surface area contributed by atoms with Gasteiger partial charge in [0.25, 0.3) is 15.9 Å². The molecule has 0 aliphatic rings. The zero-order valence-electron chi connectivity index (χ0n) is 18.3. The third-order valence-corrected chi connectivity index (χ3v) is 6.78. The number of ether oxygens (including phenoxy) is 1. The molecule has 0 fully saturated rings. The fourth-order valence-corrected chi connectivity index (χ4v) is 4.70. The lowest BCUT2D eigenvalue weighted by molar-refractivity contribution is 0.102. The number of methoxy groups -OCH3 is 1. The summed E-state index contributed by atoms with van der Waals surface area (Å²) in [6.45, 7) is 5.73. The van der Waals surface area contributed by atoms with E-state index in [4.69, 9.17) is 4.74 Å². The monoisotopic (exact) mass is 438 g/mol. The number of benzene rings is 3. The summed E-state index contributed by atoms with van der Waals surface area (Å²) in [5, 5.41) is 2.90. The third-order valence-electron chi connectivity index (χ3n) is 5.00. The molecule has 0 radical (unpaired) electrons. The maximum atomic E-state index is 13.0. The van der Waals surface area contributed by atoms with Crippen molar-refractivity contribution in [2.75, 3.05) is 23.8 Å². The first kappa shape index (κ1) is 22.4. The number of anilines is 2. The van der Waals surface area contributed by atoms with Gasteiger partial charge in [0.05, 0.1) is 17.7 Å². The maximum Gasteiger partial charge on any atom is 0.264 e. The molecule has 162 valence electrons. The lowest BCUT2D eigenvalue weighted by Crippen LogP contribution is -2.27. The van der Waals surface area contributed by atoms with Crippen molar-refractivity contribution in [3.8, 4) is 5.75 Å². The van der Waals surface area contributed by atoms with Crippen molar-refractivity contribution in [1.29, 1.82) is 0 Å². The Balaban J connectivity index is 1.84. The Morgan fingerprint density at radius 1 is 0.903 bits per heavy atom. The van der Waals surface area contributed by atoms with Crippen molar-refractivity contribution in [2.45, 2.75) is 25.7 Å². The summed E-state index contributed by atoms with van der Waals surface area (Å²) in [6, 6.07) is 17.0. The zero-order valence-corrected chi connectivity index (χ0v) is 19.1. The second-order valence-corrected chi connectivity index (χ2v) is 9.45. The topological polar surface area (TPSA) is 75.7 Å². The number of hydrogen-bond donors (Lipinski definition) is 1. The van der Waals surface area contributed by atoms with E-state index in [2.05, 4.69) is 5.32 Å². The molecule has 1 amide bonds. The van der Waals surface area contributed by atoms with Crippen LogP contribution in [0.25, 0.3) is 0 Å². The highest BCUT2D eigenvalue weighted by Crippen LogP contribution is 2.27. The van der Waals surface area contributed by atoms with Gasteiger partial charge in [0.15, 0.2) is 0 Å². The molecule has 0 heterocycles. The van der Waals surface area contributed by atoms with Gasteiger partial charge in [0, 0.05) is 18.3 Å². The number of amides is 1. The Morgan fingerprint density at radius 3 is 2.06 bits per heavy atom. The first-order valence-electron chi connectivity index (χ1n) is 9.75. The van der Waals surface area contributed by atoms with E-state index >= 15 is 0 Å². The van der Waals surface area contributed by atoms with E-state index in [-0.39, 0.29) is 10.8 Å². The molecular weight excluding hydrogens is 412 g/mol. The number of rotatable bonds is 6. The quantitative estimate of drug-likeness (QED) is 0.605. The van der Waals surface area contributed by atoms with Gasteiger partial charge in [-0.3, -0.25) is 9.10 Å². The summed E-state index contributed by atoms with van der Waals surface area (Å²) in [4.78, 5) is 12.9. The highest BCUT2D eigenvalue weighted by molar-refractivity contribution is 7.92. The largest absolute Gasteiger partial charge is 0.497 e. The van der Waals surface area contributed by atoms with Crippen LogP contribution in [-0.2, 0) is 10.0 Å². The van der Waals surface area contributed by atoms with Crippen LogP contribution in [-0.4, -0.2) is 28.5 Å². The maximum absolute atomic E-state index is 13.0. The van der Waals surface area contributed by atoms with Crippen LogP contribution in [0.3, 0.4) is 0 Å². The fraction of sp³-hybridized carbons (Fsp3) is 0.208. The van der Waals surface area contributed by atoms with Crippen LogP contribution in [0.15, 0.2) is 65.6 Å². The molecule has 6 nitrogen and oxygen atoms in total. The van der Waals surface area contributed by atoms with Crippen LogP contribution in [0.1, 0.15) is 27.0 Å². The lowest BCUT2D eigenvalue weighted by Gasteiger charge is -2.22. The van der Waals surface area contributed by atoms with Crippen LogP contribution in [0.4, 0.5) is 11.4 Å². The van der Waals surface area contributed by atoms with Crippen molar-refractivity contribution < 1.29 is 17.9 Å². The molecule has 0 aliphatic heterocycles. The van der Waals surface area contributed by atoms with E-state index < -0.39 is 10.0 Å². The molecule has 0 bridgehead atoms. The Bertz CT molecular complexity index is 1200. The summed E-state index contributed by atoms with van der Waals surface area (Å²) in [6.07, 6.45) is 0. The van der Waals surface area contributed by atoms with Gasteiger partial charge in [-0.05, 0) is 92.1 Å². The molecule has 0 spiro atoms. The summed E-state index contributed by atoms with van der Waals surface area (Å²) in [5.74, 6) is 0.331. The number of carbonyl (C=O) groups is 1. The van der Waals surface area contributed by atoms with E-state index in [1.54, 1.807) is 37.3 Å². The van der Waals surface area contributed by atoms with Gasteiger partial charge < -0.3 is 10.1 Å². The van der Waals surface area contributed by atoms with Crippen LogP contribution < -0.4 is 14.4 Å². The smallest absolute Gasteiger partial charge is 0.264 e. The summed E-state index contributed by atoms with van der Waals surface area (Å²) in [5.41, 5.74) is 4.48. The minimum Gasteiger partial charge on any atom is -0.497 e. The van der Waals surface area contributed by atoms with Crippen molar-refractivity contribution >= 4 is 27.3 Å². The standard InChI is InChI=1S/C24H26N2O4S/c1-16-12-17(2)14-20(13-16)25-24(27)19-6-11-23(18(3)15-19)26(4)31(28,29)22-9-7-21(30-5)8-10-22/h6-15H,1-5H3,(H,25,27). The highest BCUT2D eigenvalue weighted by atomic mass is 32.2. The number of nitrogens with zero attached hydrogens (tertiary/aromatic N) is 1. The fourth-order valence-electron chi connectivity index (χ4n) is 3.44. The third kappa shape index (κ3) is 4.88. The molecular formula is C24H26N2O4S. The molecule has 0 unspecified atom stereocenters. The zero-order chi connectivity index (χ0) is 22.8. The first-order chi connectivity index (χ1) is 14.6. The van der Waals surface area contributed by atoms with E-state index in [0.717, 1.165) is 16.8 Å². The number of hydrogen-bond acceptors (Lipinski definition) is 4. The molecule has 7 heteroatoms. The van der Waals surface area contributed by atoms with Crippen LogP contribution in [0.2, 0.25) is 0 Å².